The van der Waals surface area contributed by atoms with Crippen molar-refractivity contribution in [3.63, 3.8) is 0 Å². The summed E-state index contributed by atoms with van der Waals surface area (Å²) in [5.41, 5.74) is 5.92. The number of nitrogens with two attached hydrogens (primary N) is 1. The van der Waals surface area contributed by atoms with Gasteiger partial charge in [0, 0.05) is 19.3 Å². The van der Waals surface area contributed by atoms with Crippen LogP contribution >= 0.6 is 0 Å². The second-order valence-corrected chi connectivity index (χ2v) is 4.01. The molecule has 2 N–H and O–H groups in total. The van der Waals surface area contributed by atoms with Crippen molar-refractivity contribution in [3.8, 4) is 0 Å². The van der Waals surface area contributed by atoms with Crippen LogP contribution in [0.25, 0.3) is 0 Å². The monoisotopic (exact) mass is 268 g/mol. The molecule has 0 heterocycles. The average molecular weight is 268 g/mol. The lowest BCUT2D eigenvalue weighted by Crippen LogP contribution is -2.30. The summed E-state index contributed by atoms with van der Waals surface area (Å²) in [4.78, 5) is 24.5. The number of rotatable bonds is 5. The van der Waals surface area contributed by atoms with Crippen LogP contribution in [0, 0.1) is 5.82 Å². The Balaban J connectivity index is 2.66. The smallest absolute Gasteiger partial charge is 0.307 e. The standard InChI is InChI=1S/C13H17FN2O3/c1-3-19-12(17)6-7-16(2)13(18)10-8-9(14)4-5-11(10)15/h4-5,8H,3,6-7,15H2,1-2H3. The fourth-order valence-corrected chi connectivity index (χ4v) is 1.51. The number of amides is 1. The molecule has 0 atom stereocenters. The van der Waals surface area contributed by atoms with Crippen LogP contribution in [0.15, 0.2) is 18.2 Å². The van der Waals surface area contributed by atoms with Crippen LogP contribution in [-0.4, -0.2) is 37.0 Å². The molecule has 1 aromatic rings. The zero-order valence-corrected chi connectivity index (χ0v) is 11.0. The summed E-state index contributed by atoms with van der Waals surface area (Å²) in [6.45, 7) is 2.20. The maximum Gasteiger partial charge on any atom is 0.307 e. The number of benzene rings is 1. The Hall–Kier alpha value is -2.11. The second-order valence-electron chi connectivity index (χ2n) is 4.01. The van der Waals surface area contributed by atoms with Gasteiger partial charge in [-0.1, -0.05) is 0 Å². The van der Waals surface area contributed by atoms with Crippen LogP contribution in [0.5, 0.6) is 0 Å². The van der Waals surface area contributed by atoms with Crippen LogP contribution in [0.1, 0.15) is 23.7 Å². The summed E-state index contributed by atoms with van der Waals surface area (Å²) in [7, 11) is 1.52. The highest BCUT2D eigenvalue weighted by Crippen LogP contribution is 2.15. The minimum absolute atomic E-state index is 0.0886. The van der Waals surface area contributed by atoms with Crippen molar-refractivity contribution in [3.05, 3.63) is 29.6 Å². The number of esters is 1. The first-order chi connectivity index (χ1) is 8.95. The van der Waals surface area contributed by atoms with Gasteiger partial charge in [0.05, 0.1) is 18.6 Å². The van der Waals surface area contributed by atoms with Crippen molar-refractivity contribution in [1.29, 1.82) is 0 Å². The van der Waals surface area contributed by atoms with Gasteiger partial charge in [0.25, 0.3) is 5.91 Å². The van der Waals surface area contributed by atoms with E-state index in [2.05, 4.69) is 0 Å². The number of hydrogen-bond acceptors (Lipinski definition) is 4. The average Bonchev–Trinajstić information content (AvgIpc) is 2.38. The predicted octanol–water partition coefficient (Wildman–Crippen LogP) is 1.43. The van der Waals surface area contributed by atoms with E-state index in [9.17, 15) is 14.0 Å². The summed E-state index contributed by atoms with van der Waals surface area (Å²) in [5, 5.41) is 0. The summed E-state index contributed by atoms with van der Waals surface area (Å²) >= 11 is 0. The lowest BCUT2D eigenvalue weighted by molar-refractivity contribution is -0.143. The van der Waals surface area contributed by atoms with Gasteiger partial charge in [0.1, 0.15) is 5.82 Å². The minimum atomic E-state index is -0.531. The SMILES string of the molecule is CCOC(=O)CCN(C)C(=O)c1cc(F)ccc1N. The molecular weight excluding hydrogens is 251 g/mol. The van der Waals surface area contributed by atoms with Crippen molar-refractivity contribution in [1.82, 2.24) is 4.90 Å². The van der Waals surface area contributed by atoms with Crippen molar-refractivity contribution < 1.29 is 18.7 Å². The summed E-state index contributed by atoms with van der Waals surface area (Å²) in [6.07, 6.45) is 0.0886. The van der Waals surface area contributed by atoms with Gasteiger partial charge >= 0.3 is 5.97 Å². The van der Waals surface area contributed by atoms with E-state index < -0.39 is 11.7 Å². The number of carbonyl (C=O) groups excluding carboxylic acids is 2. The van der Waals surface area contributed by atoms with Crippen LogP contribution < -0.4 is 5.73 Å². The minimum Gasteiger partial charge on any atom is -0.466 e. The highest BCUT2D eigenvalue weighted by Gasteiger charge is 2.16. The number of nitrogen functional groups attached to an aromatic ring is 1. The lowest BCUT2D eigenvalue weighted by Gasteiger charge is -2.17. The Morgan fingerprint density at radius 1 is 1.42 bits per heavy atom. The molecule has 0 unspecified atom stereocenters. The van der Waals surface area contributed by atoms with Gasteiger partial charge in [-0.2, -0.15) is 0 Å². The Morgan fingerprint density at radius 2 is 2.11 bits per heavy atom. The van der Waals surface area contributed by atoms with E-state index in [4.69, 9.17) is 10.5 Å². The molecule has 0 spiro atoms. The van der Waals surface area contributed by atoms with Gasteiger partial charge < -0.3 is 15.4 Å². The summed E-state index contributed by atoms with van der Waals surface area (Å²) in [6, 6.07) is 3.60. The number of nitrogens with zero attached hydrogens (tertiary/aromatic N) is 1. The molecule has 0 aliphatic heterocycles. The fourth-order valence-electron chi connectivity index (χ4n) is 1.51. The van der Waals surface area contributed by atoms with Crippen LogP contribution in [0.2, 0.25) is 0 Å². The maximum absolute atomic E-state index is 13.1. The highest BCUT2D eigenvalue weighted by molar-refractivity contribution is 5.99. The molecular formula is C13H17FN2O3. The van der Waals surface area contributed by atoms with E-state index in [1.807, 2.05) is 0 Å². The second kappa shape index (κ2) is 6.72. The molecule has 0 aliphatic rings. The van der Waals surface area contributed by atoms with Crippen LogP contribution in [0.4, 0.5) is 10.1 Å². The first kappa shape index (κ1) is 14.9. The van der Waals surface area contributed by atoms with Crippen molar-refractivity contribution >= 4 is 17.6 Å². The van der Waals surface area contributed by atoms with E-state index in [0.29, 0.717) is 6.61 Å². The molecule has 0 aromatic heterocycles. The normalized spacial score (nSPS) is 10.1. The maximum atomic E-state index is 13.1. The Labute approximate surface area is 111 Å². The number of carbonyl (C=O) groups is 2. The molecule has 0 fully saturated rings. The molecule has 104 valence electrons. The van der Waals surface area contributed by atoms with E-state index in [1.165, 1.54) is 24.1 Å². The van der Waals surface area contributed by atoms with Gasteiger partial charge in [0.2, 0.25) is 0 Å². The molecule has 5 nitrogen and oxygen atoms in total. The van der Waals surface area contributed by atoms with Gasteiger partial charge in [-0.15, -0.1) is 0 Å². The highest BCUT2D eigenvalue weighted by atomic mass is 19.1. The molecule has 1 amide bonds. The Kier molecular flexibility index (Phi) is 5.29. The zero-order chi connectivity index (χ0) is 14.4. The molecule has 0 aliphatic carbocycles. The predicted molar refractivity (Wildman–Crippen MR) is 69.0 cm³/mol. The quantitative estimate of drug-likeness (QED) is 0.647. The van der Waals surface area contributed by atoms with Gasteiger partial charge in [-0.3, -0.25) is 9.59 Å². The summed E-state index contributed by atoms with van der Waals surface area (Å²) < 4.78 is 17.8. The Bertz CT molecular complexity index is 477. The molecule has 0 saturated heterocycles. The van der Waals surface area contributed by atoms with Crippen LogP contribution in [-0.2, 0) is 9.53 Å². The van der Waals surface area contributed by atoms with Crippen molar-refractivity contribution in [2.45, 2.75) is 13.3 Å². The molecule has 6 heteroatoms. The first-order valence-corrected chi connectivity index (χ1v) is 5.91. The van der Waals surface area contributed by atoms with Crippen LogP contribution in [0.3, 0.4) is 0 Å². The largest absolute Gasteiger partial charge is 0.466 e. The number of ether oxygens (including phenoxy) is 1. The third kappa shape index (κ3) is 4.24. The van der Waals surface area contributed by atoms with E-state index in [-0.39, 0.29) is 30.2 Å². The van der Waals surface area contributed by atoms with E-state index in [1.54, 1.807) is 6.92 Å². The number of anilines is 1. The zero-order valence-electron chi connectivity index (χ0n) is 11.0. The summed E-state index contributed by atoms with van der Waals surface area (Å²) in [5.74, 6) is -1.34. The molecule has 0 radical (unpaired) electrons. The molecule has 1 aromatic carbocycles. The molecule has 0 saturated carbocycles. The van der Waals surface area contributed by atoms with Gasteiger partial charge in [0.15, 0.2) is 0 Å². The van der Waals surface area contributed by atoms with E-state index >= 15 is 0 Å². The van der Waals surface area contributed by atoms with Crippen molar-refractivity contribution in [2.75, 3.05) is 25.9 Å². The topological polar surface area (TPSA) is 72.6 Å². The third-order valence-corrected chi connectivity index (χ3v) is 2.55. The molecule has 0 bridgehead atoms. The number of halogens is 1. The van der Waals surface area contributed by atoms with Gasteiger partial charge in [-0.25, -0.2) is 4.39 Å². The fraction of sp³-hybridized carbons (Fsp3) is 0.385. The lowest BCUT2D eigenvalue weighted by atomic mass is 10.1. The van der Waals surface area contributed by atoms with E-state index in [0.717, 1.165) is 6.07 Å². The molecule has 19 heavy (non-hydrogen) atoms. The first-order valence-electron chi connectivity index (χ1n) is 5.91. The number of hydrogen-bond donors (Lipinski definition) is 1. The molecule has 1 rings (SSSR count). The van der Waals surface area contributed by atoms with Crippen molar-refractivity contribution in [2.24, 2.45) is 0 Å². The third-order valence-electron chi connectivity index (χ3n) is 2.55. The van der Waals surface area contributed by atoms with Gasteiger partial charge in [-0.05, 0) is 25.1 Å². The Morgan fingerprint density at radius 3 is 2.74 bits per heavy atom.